The topological polar surface area (TPSA) is 292 Å². The molecule has 0 saturated heterocycles. The number of aryl methyl sites for hydroxylation is 3. The lowest BCUT2D eigenvalue weighted by Gasteiger charge is -2.18. The SMILES string of the molecule is Cc1ccc2nn(-c3cc(CCOC(=O)C(C)(C)O)cc(Cc4cc(CCOC(=O)C(C)(C)O)cc(-n5nc6ccc(C)cc6n5)c4O)c3O)nc2c1.Cc1ccc2nn(-c3ccc(COC(=O)C(C)(C)O)c(C)c3O)nc2c1. The monoisotopic (exact) mass is 1080 g/mol. The Morgan fingerprint density at radius 2 is 0.785 bits per heavy atom. The third kappa shape index (κ3) is 13.1. The Kier molecular flexibility index (Phi) is 15.9. The van der Waals surface area contributed by atoms with Gasteiger partial charge in [0, 0.05) is 30.4 Å². The van der Waals surface area contributed by atoms with Gasteiger partial charge in [0.15, 0.2) is 16.8 Å². The van der Waals surface area contributed by atoms with Gasteiger partial charge >= 0.3 is 17.9 Å². The fourth-order valence-corrected chi connectivity index (χ4v) is 8.19. The molecule has 6 N–H and O–H groups in total. The lowest BCUT2D eigenvalue weighted by atomic mass is 9.96. The van der Waals surface area contributed by atoms with E-state index >= 15 is 0 Å². The molecule has 6 aromatic carbocycles. The molecule has 0 aliphatic carbocycles. The number of esters is 3. The van der Waals surface area contributed by atoms with Crippen molar-refractivity contribution in [3.8, 4) is 34.3 Å². The fraction of sp³-hybridized carbons (Fsp3) is 0.328. The molecule has 0 atom stereocenters. The zero-order valence-electron chi connectivity index (χ0n) is 45.6. The summed E-state index contributed by atoms with van der Waals surface area (Å²) < 4.78 is 15.7. The molecule has 0 bridgehead atoms. The second kappa shape index (κ2) is 22.3. The van der Waals surface area contributed by atoms with E-state index in [1.165, 1.54) is 55.9 Å². The number of nitrogens with zero attached hydrogens (tertiary/aromatic N) is 9. The highest BCUT2D eigenvalue weighted by atomic mass is 16.6. The Morgan fingerprint density at radius 1 is 0.430 bits per heavy atom. The lowest BCUT2D eigenvalue weighted by molar-refractivity contribution is -0.163. The summed E-state index contributed by atoms with van der Waals surface area (Å²) in [5.41, 5.74) is 6.47. The third-order valence-electron chi connectivity index (χ3n) is 12.7. The second-order valence-corrected chi connectivity index (χ2v) is 21.1. The number of aromatic hydroxyl groups is 3. The molecule has 0 radical (unpaired) electrons. The van der Waals surface area contributed by atoms with Crippen molar-refractivity contribution in [2.75, 3.05) is 13.2 Å². The number of ether oxygens (including phenoxy) is 3. The predicted octanol–water partition coefficient (Wildman–Crippen LogP) is 7.04. The minimum absolute atomic E-state index is 0.0128. The number of fused-ring (bicyclic) bond motifs is 3. The molecule has 3 heterocycles. The number of hydrogen-bond donors (Lipinski definition) is 6. The Hall–Kier alpha value is -8.79. The van der Waals surface area contributed by atoms with Gasteiger partial charge in [0.25, 0.3) is 0 Å². The fourth-order valence-electron chi connectivity index (χ4n) is 8.19. The van der Waals surface area contributed by atoms with E-state index in [4.69, 9.17) is 14.2 Å². The second-order valence-electron chi connectivity index (χ2n) is 21.1. The first-order valence-corrected chi connectivity index (χ1v) is 25.3. The summed E-state index contributed by atoms with van der Waals surface area (Å²) in [4.78, 5) is 40.3. The van der Waals surface area contributed by atoms with E-state index in [2.05, 4.69) is 30.6 Å². The summed E-state index contributed by atoms with van der Waals surface area (Å²) in [6.45, 7) is 15.5. The van der Waals surface area contributed by atoms with Crippen molar-refractivity contribution in [2.45, 2.75) is 112 Å². The van der Waals surface area contributed by atoms with E-state index < -0.39 is 34.7 Å². The first kappa shape index (κ1) is 56.4. The van der Waals surface area contributed by atoms with Gasteiger partial charge in [-0.2, -0.15) is 0 Å². The van der Waals surface area contributed by atoms with Crippen LogP contribution in [-0.2, 0) is 54.5 Å². The molecule has 412 valence electrons. The standard InChI is InChI=1S/C39H42N6O8.C19H21N3O4/c1-22-7-9-28-30(15-22)42-44(40-28)32-19-24(11-13-52-36(48)38(3,4)50)17-26(34(32)46)21-27-18-25(12-14-53-37(49)39(5,6)51)20-33(35(27)47)45-41-29-10-8-23(2)16-31(29)43-45;1-11-5-7-14-15(9-11)21-22(20-14)16-8-6-13(12(2)17(16)23)10-26-18(24)19(3,4)25/h7-10,15-20,46-47,50-51H,11-14,21H2,1-6H3;5-9,23,25H,10H2,1-4H3. The van der Waals surface area contributed by atoms with Gasteiger partial charge in [0.2, 0.25) is 0 Å². The van der Waals surface area contributed by atoms with Crippen molar-refractivity contribution >= 4 is 51.0 Å². The number of rotatable bonds is 16. The summed E-state index contributed by atoms with van der Waals surface area (Å²) in [5, 5.41) is 91.0. The molecule has 0 saturated carbocycles. The molecular formula is C58H63N9O12. The molecular weight excluding hydrogens is 1010 g/mol. The Morgan fingerprint density at radius 3 is 1.16 bits per heavy atom. The number of phenols is 3. The van der Waals surface area contributed by atoms with Crippen LogP contribution in [0.1, 0.15) is 91.6 Å². The van der Waals surface area contributed by atoms with Gasteiger partial charge < -0.3 is 44.8 Å². The van der Waals surface area contributed by atoms with Crippen LogP contribution in [0.5, 0.6) is 17.2 Å². The number of aliphatic hydroxyl groups is 3. The Bertz CT molecular complexity index is 3620. The van der Waals surface area contributed by atoms with E-state index in [1.807, 2.05) is 75.4 Å². The van der Waals surface area contributed by atoms with Crippen LogP contribution in [0.15, 0.2) is 91.0 Å². The summed E-state index contributed by atoms with van der Waals surface area (Å²) in [7, 11) is 0. The van der Waals surface area contributed by atoms with Gasteiger partial charge in [0.05, 0.1) is 13.2 Å². The van der Waals surface area contributed by atoms with Gasteiger partial charge in [-0.1, -0.05) is 36.4 Å². The molecule has 21 heteroatoms. The van der Waals surface area contributed by atoms with Crippen LogP contribution >= 0.6 is 0 Å². The van der Waals surface area contributed by atoms with Crippen molar-refractivity contribution in [1.29, 1.82) is 0 Å². The maximum absolute atomic E-state index is 12.3. The molecule has 0 fully saturated rings. The Balaban J connectivity index is 0.000000264. The smallest absolute Gasteiger partial charge is 0.337 e. The van der Waals surface area contributed by atoms with Crippen molar-refractivity contribution in [2.24, 2.45) is 0 Å². The number of hydrogen-bond acceptors (Lipinski definition) is 18. The summed E-state index contributed by atoms with van der Waals surface area (Å²) >= 11 is 0. The molecule has 0 aliphatic heterocycles. The van der Waals surface area contributed by atoms with Crippen LogP contribution in [0.4, 0.5) is 0 Å². The largest absolute Gasteiger partial charge is 0.505 e. The predicted molar refractivity (Wildman–Crippen MR) is 291 cm³/mol. The van der Waals surface area contributed by atoms with E-state index in [9.17, 15) is 45.0 Å². The van der Waals surface area contributed by atoms with Gasteiger partial charge in [-0.3, -0.25) is 0 Å². The van der Waals surface area contributed by atoms with E-state index in [0.29, 0.717) is 61.1 Å². The molecule has 0 spiro atoms. The number of phenolic OH excluding ortho intramolecular Hbond substituents is 3. The van der Waals surface area contributed by atoms with Crippen molar-refractivity contribution < 1.29 is 59.2 Å². The number of aromatic nitrogens is 9. The van der Waals surface area contributed by atoms with E-state index in [1.54, 1.807) is 43.3 Å². The average molecular weight is 1080 g/mol. The molecule has 0 amide bonds. The number of carbonyl (C=O) groups is 3. The van der Waals surface area contributed by atoms with Crippen LogP contribution in [0.2, 0.25) is 0 Å². The van der Waals surface area contributed by atoms with E-state index in [-0.39, 0.29) is 67.7 Å². The van der Waals surface area contributed by atoms with Gasteiger partial charge in [-0.05, 0) is 163 Å². The minimum Gasteiger partial charge on any atom is -0.505 e. The average Bonchev–Trinajstić information content (AvgIpc) is 4.18. The number of benzene rings is 6. The maximum atomic E-state index is 12.3. The van der Waals surface area contributed by atoms with Gasteiger partial charge in [0.1, 0.15) is 74.0 Å². The summed E-state index contributed by atoms with van der Waals surface area (Å²) in [6, 6.07) is 27.3. The van der Waals surface area contributed by atoms with Gasteiger partial charge in [-0.25, -0.2) is 14.4 Å². The molecule has 3 aromatic heterocycles. The zero-order valence-corrected chi connectivity index (χ0v) is 45.6. The van der Waals surface area contributed by atoms with Crippen molar-refractivity contribution in [3.05, 3.63) is 141 Å². The number of carbonyl (C=O) groups excluding carboxylic acids is 3. The molecule has 0 aliphatic rings. The van der Waals surface area contributed by atoms with Crippen LogP contribution in [0.3, 0.4) is 0 Å². The van der Waals surface area contributed by atoms with Crippen molar-refractivity contribution in [3.63, 3.8) is 0 Å². The van der Waals surface area contributed by atoms with Gasteiger partial charge in [-0.15, -0.1) is 45.0 Å². The zero-order chi connectivity index (χ0) is 57.3. The van der Waals surface area contributed by atoms with Crippen LogP contribution in [0, 0.1) is 27.7 Å². The normalized spacial score (nSPS) is 12.0. The van der Waals surface area contributed by atoms with E-state index in [0.717, 1.165) is 27.7 Å². The Labute approximate surface area is 454 Å². The third-order valence-corrected chi connectivity index (χ3v) is 12.7. The molecule has 0 unspecified atom stereocenters. The maximum Gasteiger partial charge on any atom is 0.337 e. The van der Waals surface area contributed by atoms with Crippen molar-refractivity contribution in [1.82, 2.24) is 45.0 Å². The highest BCUT2D eigenvalue weighted by Crippen LogP contribution is 2.36. The summed E-state index contributed by atoms with van der Waals surface area (Å²) in [5.74, 6) is -2.53. The highest BCUT2D eigenvalue weighted by molar-refractivity contribution is 5.80. The molecule has 9 aromatic rings. The quantitative estimate of drug-likeness (QED) is 0.0417. The first-order valence-electron chi connectivity index (χ1n) is 25.3. The molecule has 21 nitrogen and oxygen atoms in total. The van der Waals surface area contributed by atoms with Crippen LogP contribution in [0.25, 0.3) is 50.2 Å². The van der Waals surface area contributed by atoms with Crippen LogP contribution < -0.4 is 0 Å². The molecule has 79 heavy (non-hydrogen) atoms. The molecule has 9 rings (SSSR count). The lowest BCUT2D eigenvalue weighted by Crippen LogP contribution is -2.33. The minimum atomic E-state index is -1.66. The van der Waals surface area contributed by atoms with Crippen LogP contribution in [-0.4, -0.2) is 124 Å². The highest BCUT2D eigenvalue weighted by Gasteiger charge is 2.28. The first-order chi connectivity index (χ1) is 37.1. The summed E-state index contributed by atoms with van der Waals surface area (Å²) in [6.07, 6.45) is 0.482.